The molecule has 2 N–H and O–H groups in total. The Morgan fingerprint density at radius 1 is 0.871 bits per heavy atom. The summed E-state index contributed by atoms with van der Waals surface area (Å²) in [5.74, 6) is -1.93. The van der Waals surface area contributed by atoms with Crippen LogP contribution in [0.5, 0.6) is 0 Å². The summed E-state index contributed by atoms with van der Waals surface area (Å²) in [4.78, 5) is 20.9. The van der Waals surface area contributed by atoms with Crippen LogP contribution in [-0.4, -0.2) is 19.1 Å². The number of nitrogens with two attached hydrogens (primary N) is 1. The maximum Gasteiger partial charge on any atom is 0.300 e. The maximum atomic E-state index is 13.6. The van der Waals surface area contributed by atoms with Crippen LogP contribution in [0.15, 0.2) is 71.8 Å². The number of imidazole rings is 1. The van der Waals surface area contributed by atoms with E-state index in [2.05, 4.69) is 16.0 Å². The molecule has 5 rings (SSSR count). The lowest BCUT2D eigenvalue weighted by molar-refractivity contribution is 0.506. The number of benzene rings is 3. The fourth-order valence-corrected chi connectivity index (χ4v) is 3.74. The molecule has 0 saturated carbocycles. The van der Waals surface area contributed by atoms with E-state index in [0.29, 0.717) is 23.3 Å². The van der Waals surface area contributed by atoms with Gasteiger partial charge in [0.2, 0.25) is 5.95 Å². The van der Waals surface area contributed by atoms with Crippen LogP contribution in [0, 0.1) is 11.6 Å². The first-order valence-corrected chi connectivity index (χ1v) is 9.62. The van der Waals surface area contributed by atoms with Gasteiger partial charge in [-0.1, -0.05) is 42.5 Å². The summed E-state index contributed by atoms with van der Waals surface area (Å²) in [7, 11) is 0. The van der Waals surface area contributed by atoms with Gasteiger partial charge in [0.05, 0.1) is 12.9 Å². The smallest absolute Gasteiger partial charge is 0.300 e. The van der Waals surface area contributed by atoms with E-state index < -0.39 is 17.2 Å². The van der Waals surface area contributed by atoms with Crippen molar-refractivity contribution in [3.8, 4) is 0 Å². The second-order valence-electron chi connectivity index (χ2n) is 7.34. The van der Waals surface area contributed by atoms with Gasteiger partial charge < -0.3 is 10.3 Å². The molecule has 3 aromatic carbocycles. The monoisotopic (exact) mass is 417 g/mol. The number of fused-ring (bicyclic) bond motifs is 2. The van der Waals surface area contributed by atoms with Gasteiger partial charge in [-0.2, -0.15) is 4.98 Å². The summed E-state index contributed by atoms with van der Waals surface area (Å²) >= 11 is 0. The van der Waals surface area contributed by atoms with Crippen LogP contribution < -0.4 is 11.3 Å². The Morgan fingerprint density at radius 3 is 2.42 bits per heavy atom. The predicted octanol–water partition coefficient (Wildman–Crippen LogP) is 3.70. The molecule has 0 unspecified atom stereocenters. The number of aromatic nitrogens is 4. The zero-order valence-electron chi connectivity index (χ0n) is 16.3. The molecule has 5 aromatic rings. The Kier molecular flexibility index (Phi) is 4.47. The quantitative estimate of drug-likeness (QED) is 0.484. The first-order valence-electron chi connectivity index (χ1n) is 9.62. The summed E-state index contributed by atoms with van der Waals surface area (Å²) in [5.41, 5.74) is 7.58. The Hall–Kier alpha value is -4.07. The highest BCUT2D eigenvalue weighted by Crippen LogP contribution is 2.19. The highest BCUT2D eigenvalue weighted by molar-refractivity contribution is 5.83. The van der Waals surface area contributed by atoms with Crippen molar-refractivity contribution in [3.63, 3.8) is 0 Å². The van der Waals surface area contributed by atoms with Crippen molar-refractivity contribution in [2.75, 3.05) is 5.73 Å². The van der Waals surface area contributed by atoms with Gasteiger partial charge >= 0.3 is 5.56 Å². The molecular formula is C23H17F2N5O. The Balaban J connectivity index is 1.56. The van der Waals surface area contributed by atoms with Gasteiger partial charge in [0.25, 0.3) is 0 Å². The Bertz CT molecular complexity index is 1510. The molecule has 0 aliphatic rings. The van der Waals surface area contributed by atoms with Crippen LogP contribution in [0.25, 0.3) is 21.9 Å². The number of halogens is 2. The molecule has 31 heavy (non-hydrogen) atoms. The van der Waals surface area contributed by atoms with E-state index in [0.717, 1.165) is 28.5 Å². The summed E-state index contributed by atoms with van der Waals surface area (Å²) in [6, 6.07) is 17.7. The molecule has 0 fully saturated rings. The van der Waals surface area contributed by atoms with E-state index >= 15 is 0 Å². The molecule has 0 saturated heterocycles. The third kappa shape index (κ3) is 3.42. The third-order valence-corrected chi connectivity index (χ3v) is 5.26. The fraction of sp³-hybridized carbons (Fsp3) is 0.0870. The minimum atomic E-state index is -0.955. The van der Waals surface area contributed by atoms with E-state index in [-0.39, 0.29) is 12.5 Å². The lowest BCUT2D eigenvalue weighted by Gasteiger charge is -2.11. The first kappa shape index (κ1) is 18.9. The lowest BCUT2D eigenvalue weighted by atomic mass is 10.1. The SMILES string of the molecule is Nc1nc(=O)c2c(ncn2Cc2ccc3ccccc3c2)n1Cc1ccc(F)c(F)c1. The molecule has 0 aliphatic carbocycles. The van der Waals surface area contributed by atoms with E-state index in [9.17, 15) is 13.6 Å². The third-order valence-electron chi connectivity index (χ3n) is 5.26. The molecule has 6 nitrogen and oxygen atoms in total. The Labute approximate surface area is 175 Å². The summed E-state index contributed by atoms with van der Waals surface area (Å²) in [6.07, 6.45) is 1.56. The number of nitrogens with zero attached hydrogens (tertiary/aromatic N) is 4. The molecule has 0 spiro atoms. The molecule has 0 bridgehead atoms. The molecule has 0 aliphatic heterocycles. The van der Waals surface area contributed by atoms with Gasteiger partial charge in [-0.15, -0.1) is 0 Å². The predicted molar refractivity (Wildman–Crippen MR) is 115 cm³/mol. The maximum absolute atomic E-state index is 13.6. The molecule has 0 amide bonds. The highest BCUT2D eigenvalue weighted by Gasteiger charge is 2.16. The van der Waals surface area contributed by atoms with Gasteiger partial charge in [0, 0.05) is 6.54 Å². The number of rotatable bonds is 4. The van der Waals surface area contributed by atoms with Crippen molar-refractivity contribution in [1.82, 2.24) is 19.1 Å². The van der Waals surface area contributed by atoms with Crippen LogP contribution in [0.4, 0.5) is 14.7 Å². The topological polar surface area (TPSA) is 78.7 Å². The van der Waals surface area contributed by atoms with Crippen LogP contribution in [0.2, 0.25) is 0 Å². The molecule has 154 valence electrons. The van der Waals surface area contributed by atoms with Crippen molar-refractivity contribution >= 4 is 27.9 Å². The van der Waals surface area contributed by atoms with E-state index in [4.69, 9.17) is 5.73 Å². The van der Waals surface area contributed by atoms with E-state index in [1.165, 1.54) is 10.6 Å². The zero-order valence-corrected chi connectivity index (χ0v) is 16.3. The van der Waals surface area contributed by atoms with Crippen LogP contribution in [-0.2, 0) is 13.1 Å². The van der Waals surface area contributed by atoms with E-state index in [1.807, 2.05) is 36.4 Å². The second kappa shape index (κ2) is 7.32. The number of anilines is 1. The molecule has 0 atom stereocenters. The number of hydrogen-bond acceptors (Lipinski definition) is 4. The average Bonchev–Trinajstić information content (AvgIpc) is 3.17. The van der Waals surface area contributed by atoms with Gasteiger partial charge in [-0.25, -0.2) is 13.8 Å². The van der Waals surface area contributed by atoms with Crippen molar-refractivity contribution in [2.45, 2.75) is 13.1 Å². The first-order chi connectivity index (χ1) is 15.0. The van der Waals surface area contributed by atoms with Gasteiger partial charge in [0.15, 0.2) is 22.8 Å². The molecule has 0 radical (unpaired) electrons. The van der Waals surface area contributed by atoms with Gasteiger partial charge in [-0.05, 0) is 40.1 Å². The summed E-state index contributed by atoms with van der Waals surface area (Å²) < 4.78 is 30.1. The zero-order chi connectivity index (χ0) is 21.5. The van der Waals surface area contributed by atoms with Crippen LogP contribution in [0.1, 0.15) is 11.1 Å². The van der Waals surface area contributed by atoms with Crippen molar-refractivity contribution < 1.29 is 8.78 Å². The second-order valence-corrected chi connectivity index (χ2v) is 7.34. The van der Waals surface area contributed by atoms with Gasteiger partial charge in [0.1, 0.15) is 0 Å². The molecule has 2 heterocycles. The average molecular weight is 417 g/mol. The molecular weight excluding hydrogens is 400 g/mol. The fourth-order valence-electron chi connectivity index (χ4n) is 3.74. The number of hydrogen-bond donors (Lipinski definition) is 1. The molecule has 2 aromatic heterocycles. The van der Waals surface area contributed by atoms with E-state index in [1.54, 1.807) is 10.9 Å². The normalized spacial score (nSPS) is 11.4. The van der Waals surface area contributed by atoms with Crippen molar-refractivity contribution in [1.29, 1.82) is 0 Å². The van der Waals surface area contributed by atoms with Crippen LogP contribution >= 0.6 is 0 Å². The minimum absolute atomic E-state index is 0.0433. The largest absolute Gasteiger partial charge is 0.369 e. The molecule has 8 heteroatoms. The standard InChI is InChI=1S/C23H17F2N5O/c24-18-8-6-15(10-19(18)25)12-30-21-20(22(31)28-23(30)26)29(13-27-21)11-14-5-7-16-3-1-2-4-17(16)9-14/h1-10,13H,11-12H2,(H2,26,28,31). The highest BCUT2D eigenvalue weighted by atomic mass is 19.2. The lowest BCUT2D eigenvalue weighted by Crippen LogP contribution is -2.20. The summed E-state index contributed by atoms with van der Waals surface area (Å²) in [6.45, 7) is 0.521. The number of nitrogen functional groups attached to an aromatic ring is 1. The van der Waals surface area contributed by atoms with Gasteiger partial charge in [-0.3, -0.25) is 9.36 Å². The van der Waals surface area contributed by atoms with Crippen molar-refractivity contribution in [2.24, 2.45) is 0 Å². The van der Waals surface area contributed by atoms with Crippen LogP contribution in [0.3, 0.4) is 0 Å². The minimum Gasteiger partial charge on any atom is -0.369 e. The Morgan fingerprint density at radius 2 is 1.61 bits per heavy atom. The van der Waals surface area contributed by atoms with Crippen molar-refractivity contribution in [3.05, 3.63) is 100 Å². The summed E-state index contributed by atoms with van der Waals surface area (Å²) in [5, 5.41) is 2.23.